The summed E-state index contributed by atoms with van der Waals surface area (Å²) in [7, 11) is 0. The molecule has 0 aliphatic heterocycles. The zero-order valence-electron chi connectivity index (χ0n) is 8.95. The van der Waals surface area contributed by atoms with Crippen molar-refractivity contribution in [3.05, 3.63) is 70.2 Å². The minimum Gasteiger partial charge on any atom is -0.113 e. The molecule has 0 saturated carbocycles. The lowest BCUT2D eigenvalue weighted by Crippen LogP contribution is -1.94. The third-order valence-electron chi connectivity index (χ3n) is 2.55. The third kappa shape index (κ3) is 2.40. The predicted molar refractivity (Wildman–Crippen MR) is 70.3 cm³/mol. The molecule has 1 unspecified atom stereocenters. The molecule has 0 saturated heterocycles. The maximum absolute atomic E-state index is 6.40. The van der Waals surface area contributed by atoms with E-state index in [-0.39, 0.29) is 5.38 Å². The summed E-state index contributed by atoms with van der Waals surface area (Å²) in [5.74, 6) is 0. The first-order chi connectivity index (χ1) is 7.68. The molecule has 0 amide bonds. The largest absolute Gasteiger partial charge is 0.113 e. The van der Waals surface area contributed by atoms with E-state index in [0.717, 1.165) is 11.1 Å². The Labute approximate surface area is 106 Å². The fraction of sp³-hybridized carbons (Fsp3) is 0.143. The van der Waals surface area contributed by atoms with Crippen molar-refractivity contribution in [2.45, 2.75) is 12.3 Å². The van der Waals surface area contributed by atoms with Crippen molar-refractivity contribution < 1.29 is 0 Å². The van der Waals surface area contributed by atoms with Gasteiger partial charge >= 0.3 is 0 Å². The first kappa shape index (κ1) is 11.5. The second-order valence-electron chi connectivity index (χ2n) is 3.79. The van der Waals surface area contributed by atoms with Crippen molar-refractivity contribution in [1.82, 2.24) is 0 Å². The van der Waals surface area contributed by atoms with Crippen LogP contribution in [0.2, 0.25) is 5.02 Å². The van der Waals surface area contributed by atoms with E-state index in [1.54, 1.807) is 0 Å². The van der Waals surface area contributed by atoms with Gasteiger partial charge in [0.1, 0.15) is 0 Å². The number of halogens is 2. The van der Waals surface area contributed by atoms with Crippen LogP contribution < -0.4 is 0 Å². The molecule has 1 atom stereocenters. The maximum atomic E-state index is 6.40. The maximum Gasteiger partial charge on any atom is 0.0849 e. The van der Waals surface area contributed by atoms with Crippen molar-refractivity contribution in [3.63, 3.8) is 0 Å². The van der Waals surface area contributed by atoms with Gasteiger partial charge in [-0.25, -0.2) is 0 Å². The zero-order valence-corrected chi connectivity index (χ0v) is 10.5. The van der Waals surface area contributed by atoms with E-state index in [1.165, 1.54) is 5.56 Å². The van der Waals surface area contributed by atoms with E-state index in [4.69, 9.17) is 23.2 Å². The minimum absolute atomic E-state index is 0.186. The Hall–Kier alpha value is -0.980. The summed E-state index contributed by atoms with van der Waals surface area (Å²) in [4.78, 5) is 0. The van der Waals surface area contributed by atoms with Crippen LogP contribution >= 0.6 is 23.2 Å². The van der Waals surface area contributed by atoms with E-state index >= 15 is 0 Å². The summed E-state index contributed by atoms with van der Waals surface area (Å²) in [5, 5.41) is 0.525. The summed E-state index contributed by atoms with van der Waals surface area (Å²) < 4.78 is 0. The van der Waals surface area contributed by atoms with E-state index in [0.29, 0.717) is 5.02 Å². The predicted octanol–water partition coefficient (Wildman–Crippen LogP) is 4.98. The van der Waals surface area contributed by atoms with Gasteiger partial charge in [0.05, 0.1) is 5.38 Å². The van der Waals surface area contributed by atoms with Gasteiger partial charge in [0.15, 0.2) is 0 Å². The van der Waals surface area contributed by atoms with E-state index in [1.807, 2.05) is 36.4 Å². The standard InChI is InChI=1S/C14H12Cl2/c1-10-6-8-11(9-7-10)14(16)12-4-2-3-5-13(12)15/h2-9,14H,1H3. The van der Waals surface area contributed by atoms with Crippen LogP contribution in [-0.2, 0) is 0 Å². The Morgan fingerprint density at radius 3 is 2.19 bits per heavy atom. The topological polar surface area (TPSA) is 0 Å². The molecule has 0 aliphatic carbocycles. The minimum atomic E-state index is -0.186. The summed E-state index contributed by atoms with van der Waals surface area (Å²) in [6, 6.07) is 15.9. The van der Waals surface area contributed by atoms with Crippen LogP contribution in [0.3, 0.4) is 0 Å². The molecule has 0 aliphatic rings. The van der Waals surface area contributed by atoms with Gasteiger partial charge in [-0.2, -0.15) is 0 Å². The molecule has 0 heterocycles. The molecule has 82 valence electrons. The van der Waals surface area contributed by atoms with Gasteiger partial charge in [0, 0.05) is 5.02 Å². The van der Waals surface area contributed by atoms with Crippen LogP contribution in [0.4, 0.5) is 0 Å². The monoisotopic (exact) mass is 250 g/mol. The van der Waals surface area contributed by atoms with Crippen LogP contribution in [0.25, 0.3) is 0 Å². The van der Waals surface area contributed by atoms with Crippen molar-refractivity contribution in [2.24, 2.45) is 0 Å². The van der Waals surface area contributed by atoms with E-state index in [2.05, 4.69) is 19.1 Å². The quantitative estimate of drug-likeness (QED) is 0.660. The lowest BCUT2D eigenvalue weighted by Gasteiger charge is -2.12. The van der Waals surface area contributed by atoms with Gasteiger partial charge in [-0.1, -0.05) is 59.6 Å². The molecule has 0 spiro atoms. The molecule has 0 aromatic heterocycles. The first-order valence-electron chi connectivity index (χ1n) is 5.13. The van der Waals surface area contributed by atoms with Crippen LogP contribution in [0.5, 0.6) is 0 Å². The Morgan fingerprint density at radius 1 is 0.938 bits per heavy atom. The summed E-state index contributed by atoms with van der Waals surface area (Å²) in [6.07, 6.45) is 0. The molecule has 0 nitrogen and oxygen atoms in total. The third-order valence-corrected chi connectivity index (χ3v) is 3.38. The number of aryl methyl sites for hydroxylation is 1. The van der Waals surface area contributed by atoms with Gasteiger partial charge in [0.2, 0.25) is 0 Å². The molecule has 2 heteroatoms. The van der Waals surface area contributed by atoms with E-state index in [9.17, 15) is 0 Å². The molecular weight excluding hydrogens is 239 g/mol. The van der Waals surface area contributed by atoms with Gasteiger partial charge in [-0.15, -0.1) is 11.6 Å². The molecular formula is C14H12Cl2. The first-order valence-corrected chi connectivity index (χ1v) is 5.95. The fourth-order valence-corrected chi connectivity index (χ4v) is 2.23. The Bertz CT molecular complexity index is 474. The zero-order chi connectivity index (χ0) is 11.5. The average Bonchev–Trinajstić information content (AvgIpc) is 2.30. The Balaban J connectivity index is 2.35. The highest BCUT2D eigenvalue weighted by atomic mass is 35.5. The van der Waals surface area contributed by atoms with Crippen molar-refractivity contribution in [3.8, 4) is 0 Å². The second-order valence-corrected chi connectivity index (χ2v) is 4.64. The molecule has 0 radical (unpaired) electrons. The smallest absolute Gasteiger partial charge is 0.0849 e. The molecule has 0 bridgehead atoms. The van der Waals surface area contributed by atoms with Gasteiger partial charge in [-0.05, 0) is 24.1 Å². The number of rotatable bonds is 2. The highest BCUT2D eigenvalue weighted by Gasteiger charge is 2.12. The number of hydrogen-bond donors (Lipinski definition) is 0. The molecule has 0 fully saturated rings. The summed E-state index contributed by atoms with van der Waals surface area (Å²) in [5.41, 5.74) is 3.25. The van der Waals surface area contributed by atoms with Gasteiger partial charge < -0.3 is 0 Å². The summed E-state index contributed by atoms with van der Waals surface area (Å²) in [6.45, 7) is 2.06. The Morgan fingerprint density at radius 2 is 1.56 bits per heavy atom. The second kappa shape index (κ2) is 4.90. The fourth-order valence-electron chi connectivity index (χ4n) is 1.60. The van der Waals surface area contributed by atoms with Gasteiger partial charge in [-0.3, -0.25) is 0 Å². The number of alkyl halides is 1. The molecule has 2 rings (SSSR count). The SMILES string of the molecule is Cc1ccc(C(Cl)c2ccccc2Cl)cc1. The van der Waals surface area contributed by atoms with E-state index < -0.39 is 0 Å². The lowest BCUT2D eigenvalue weighted by molar-refractivity contribution is 1.14. The van der Waals surface area contributed by atoms with Crippen molar-refractivity contribution >= 4 is 23.2 Å². The molecule has 2 aromatic rings. The van der Waals surface area contributed by atoms with Crippen molar-refractivity contribution in [1.29, 1.82) is 0 Å². The van der Waals surface area contributed by atoms with Crippen LogP contribution in [-0.4, -0.2) is 0 Å². The van der Waals surface area contributed by atoms with Crippen LogP contribution in [0, 0.1) is 6.92 Å². The Kier molecular flexibility index (Phi) is 3.52. The number of benzene rings is 2. The van der Waals surface area contributed by atoms with Crippen molar-refractivity contribution in [2.75, 3.05) is 0 Å². The highest BCUT2D eigenvalue weighted by Crippen LogP contribution is 2.33. The normalized spacial score (nSPS) is 12.4. The number of hydrogen-bond acceptors (Lipinski definition) is 0. The summed E-state index contributed by atoms with van der Waals surface area (Å²) >= 11 is 12.5. The van der Waals surface area contributed by atoms with Crippen LogP contribution in [0.15, 0.2) is 48.5 Å². The molecule has 0 N–H and O–H groups in total. The molecule has 2 aromatic carbocycles. The lowest BCUT2D eigenvalue weighted by atomic mass is 10.0. The molecule has 16 heavy (non-hydrogen) atoms. The average molecular weight is 251 g/mol. The van der Waals surface area contributed by atoms with Gasteiger partial charge in [0.25, 0.3) is 0 Å². The van der Waals surface area contributed by atoms with Crippen LogP contribution in [0.1, 0.15) is 22.1 Å². The highest BCUT2D eigenvalue weighted by molar-refractivity contribution is 6.33.